The maximum atomic E-state index is 11.2. The minimum Gasteiger partial charge on any atom is -0.378 e. The summed E-state index contributed by atoms with van der Waals surface area (Å²) in [5, 5.41) is 0. The van der Waals surface area contributed by atoms with Gasteiger partial charge in [0.05, 0.1) is 19.3 Å². The van der Waals surface area contributed by atoms with Gasteiger partial charge < -0.3 is 16.2 Å². The average molecular weight is 201 g/mol. The van der Waals surface area contributed by atoms with Crippen LogP contribution in [0, 0.1) is 0 Å². The van der Waals surface area contributed by atoms with Crippen LogP contribution in [-0.4, -0.2) is 49.2 Å². The maximum Gasteiger partial charge on any atom is 0.234 e. The predicted octanol–water partition coefficient (Wildman–Crippen LogP) is -1.09. The molecule has 1 amide bonds. The van der Waals surface area contributed by atoms with E-state index in [2.05, 4.69) is 4.90 Å². The van der Waals surface area contributed by atoms with Crippen molar-refractivity contribution in [3.63, 3.8) is 0 Å². The zero-order chi connectivity index (χ0) is 10.6. The number of ether oxygens (including phenoxy) is 1. The summed E-state index contributed by atoms with van der Waals surface area (Å²) in [5.74, 6) is -0.271. The predicted molar refractivity (Wildman–Crippen MR) is 53.6 cm³/mol. The van der Waals surface area contributed by atoms with Crippen LogP contribution < -0.4 is 11.5 Å². The molecule has 14 heavy (non-hydrogen) atoms. The lowest BCUT2D eigenvalue weighted by Gasteiger charge is -2.38. The van der Waals surface area contributed by atoms with E-state index in [0.29, 0.717) is 19.8 Å². The molecular formula is C9H19N3O2. The largest absolute Gasteiger partial charge is 0.378 e. The Bertz CT molecular complexity index is 198. The number of carbonyl (C=O) groups is 1. The van der Waals surface area contributed by atoms with Crippen molar-refractivity contribution in [3.05, 3.63) is 0 Å². The molecule has 4 N–H and O–H groups in total. The molecule has 0 bridgehead atoms. The molecule has 5 nitrogen and oxygen atoms in total. The highest BCUT2D eigenvalue weighted by Gasteiger charge is 2.30. The molecule has 1 rings (SSSR count). The molecule has 2 unspecified atom stereocenters. The zero-order valence-electron chi connectivity index (χ0n) is 8.61. The fraction of sp³-hybridized carbons (Fsp3) is 0.889. The highest BCUT2D eigenvalue weighted by molar-refractivity contribution is 5.79. The third-order valence-electron chi connectivity index (χ3n) is 2.66. The summed E-state index contributed by atoms with van der Waals surface area (Å²) >= 11 is 0. The van der Waals surface area contributed by atoms with Crippen molar-refractivity contribution in [1.82, 2.24) is 4.90 Å². The third-order valence-corrected chi connectivity index (χ3v) is 2.66. The molecule has 0 saturated carbocycles. The molecule has 0 spiro atoms. The number of primary amides is 1. The Hall–Kier alpha value is -0.650. The van der Waals surface area contributed by atoms with Crippen LogP contribution in [0.3, 0.4) is 0 Å². The van der Waals surface area contributed by atoms with Gasteiger partial charge in [-0.2, -0.15) is 0 Å². The SMILES string of the molecule is CCC(C(N)=O)N1CCOCC1CN. The molecule has 0 radical (unpaired) electrons. The quantitative estimate of drug-likeness (QED) is 0.605. The van der Waals surface area contributed by atoms with Crippen molar-refractivity contribution in [2.24, 2.45) is 11.5 Å². The second kappa shape index (κ2) is 5.29. The van der Waals surface area contributed by atoms with Crippen LogP contribution in [0.1, 0.15) is 13.3 Å². The van der Waals surface area contributed by atoms with E-state index in [1.54, 1.807) is 0 Å². The normalized spacial score (nSPS) is 26.0. The number of nitrogens with two attached hydrogens (primary N) is 2. The van der Waals surface area contributed by atoms with Gasteiger partial charge in [-0.15, -0.1) is 0 Å². The molecule has 5 heteroatoms. The van der Waals surface area contributed by atoms with Gasteiger partial charge in [-0.05, 0) is 6.42 Å². The maximum absolute atomic E-state index is 11.2. The number of carbonyl (C=O) groups excluding carboxylic acids is 1. The number of nitrogens with zero attached hydrogens (tertiary/aromatic N) is 1. The number of rotatable bonds is 4. The third kappa shape index (κ3) is 2.43. The summed E-state index contributed by atoms with van der Waals surface area (Å²) in [6, 6.07) is -0.0753. The minimum atomic E-state index is -0.271. The Morgan fingerprint density at radius 3 is 2.93 bits per heavy atom. The van der Waals surface area contributed by atoms with E-state index in [1.165, 1.54) is 0 Å². The van der Waals surface area contributed by atoms with Gasteiger partial charge in [-0.3, -0.25) is 9.69 Å². The first-order chi connectivity index (χ1) is 6.70. The Morgan fingerprint density at radius 2 is 2.43 bits per heavy atom. The van der Waals surface area contributed by atoms with E-state index in [1.807, 2.05) is 6.92 Å². The smallest absolute Gasteiger partial charge is 0.234 e. The molecule has 0 aromatic carbocycles. The molecular weight excluding hydrogens is 182 g/mol. The van der Waals surface area contributed by atoms with Crippen molar-refractivity contribution in [2.45, 2.75) is 25.4 Å². The molecule has 1 aliphatic rings. The molecule has 1 aliphatic heterocycles. The Morgan fingerprint density at radius 1 is 1.71 bits per heavy atom. The second-order valence-electron chi connectivity index (χ2n) is 3.53. The van der Waals surface area contributed by atoms with Crippen molar-refractivity contribution in [3.8, 4) is 0 Å². The summed E-state index contributed by atoms with van der Waals surface area (Å²) in [5.41, 5.74) is 10.9. The van der Waals surface area contributed by atoms with Crippen molar-refractivity contribution < 1.29 is 9.53 Å². The van der Waals surface area contributed by atoms with Crippen LogP contribution in [0.4, 0.5) is 0 Å². The molecule has 1 fully saturated rings. The van der Waals surface area contributed by atoms with E-state index >= 15 is 0 Å². The van der Waals surface area contributed by atoms with Gasteiger partial charge in [0.2, 0.25) is 5.91 Å². The van der Waals surface area contributed by atoms with E-state index in [9.17, 15) is 4.79 Å². The van der Waals surface area contributed by atoms with Crippen LogP contribution in [-0.2, 0) is 9.53 Å². The van der Waals surface area contributed by atoms with Gasteiger partial charge in [0.1, 0.15) is 0 Å². The van der Waals surface area contributed by atoms with Gasteiger partial charge in [0.25, 0.3) is 0 Å². The molecule has 82 valence electrons. The standard InChI is InChI=1S/C9H19N3O2/c1-2-8(9(11)13)12-3-4-14-6-7(12)5-10/h7-8H,2-6,10H2,1H3,(H2,11,13). The van der Waals surface area contributed by atoms with Gasteiger partial charge in [-0.25, -0.2) is 0 Å². The summed E-state index contributed by atoms with van der Waals surface area (Å²) < 4.78 is 5.30. The number of hydrogen-bond donors (Lipinski definition) is 2. The zero-order valence-corrected chi connectivity index (χ0v) is 8.61. The van der Waals surface area contributed by atoms with E-state index in [4.69, 9.17) is 16.2 Å². The summed E-state index contributed by atoms with van der Waals surface area (Å²) in [6.07, 6.45) is 0.728. The van der Waals surface area contributed by atoms with Crippen LogP contribution >= 0.6 is 0 Å². The van der Waals surface area contributed by atoms with Gasteiger partial charge in [0, 0.05) is 19.1 Å². The number of hydrogen-bond acceptors (Lipinski definition) is 4. The van der Waals surface area contributed by atoms with Crippen molar-refractivity contribution >= 4 is 5.91 Å². The molecule has 0 aromatic heterocycles. The lowest BCUT2D eigenvalue weighted by molar-refractivity contribution is -0.127. The number of amides is 1. The van der Waals surface area contributed by atoms with Gasteiger partial charge >= 0.3 is 0 Å². The van der Waals surface area contributed by atoms with Gasteiger partial charge in [-0.1, -0.05) is 6.92 Å². The fourth-order valence-electron chi connectivity index (χ4n) is 1.88. The monoisotopic (exact) mass is 201 g/mol. The molecule has 2 atom stereocenters. The van der Waals surface area contributed by atoms with Crippen LogP contribution in [0.2, 0.25) is 0 Å². The van der Waals surface area contributed by atoms with Crippen LogP contribution in [0.15, 0.2) is 0 Å². The van der Waals surface area contributed by atoms with E-state index in [-0.39, 0.29) is 18.0 Å². The van der Waals surface area contributed by atoms with E-state index in [0.717, 1.165) is 13.0 Å². The fourth-order valence-corrected chi connectivity index (χ4v) is 1.88. The minimum absolute atomic E-state index is 0.126. The van der Waals surface area contributed by atoms with Crippen LogP contribution in [0.25, 0.3) is 0 Å². The van der Waals surface area contributed by atoms with E-state index < -0.39 is 0 Å². The highest BCUT2D eigenvalue weighted by Crippen LogP contribution is 2.12. The molecule has 0 aliphatic carbocycles. The lowest BCUT2D eigenvalue weighted by Crippen LogP contribution is -2.57. The first-order valence-corrected chi connectivity index (χ1v) is 5.03. The second-order valence-corrected chi connectivity index (χ2v) is 3.53. The Balaban J connectivity index is 2.65. The topological polar surface area (TPSA) is 81.6 Å². The molecule has 0 aromatic rings. The van der Waals surface area contributed by atoms with Crippen molar-refractivity contribution in [2.75, 3.05) is 26.3 Å². The van der Waals surface area contributed by atoms with Crippen molar-refractivity contribution in [1.29, 1.82) is 0 Å². The lowest BCUT2D eigenvalue weighted by atomic mass is 10.1. The highest BCUT2D eigenvalue weighted by atomic mass is 16.5. The van der Waals surface area contributed by atoms with Crippen LogP contribution in [0.5, 0.6) is 0 Å². The first-order valence-electron chi connectivity index (χ1n) is 5.03. The summed E-state index contributed by atoms with van der Waals surface area (Å²) in [6.45, 7) is 4.45. The Labute approximate surface area is 84.4 Å². The summed E-state index contributed by atoms with van der Waals surface area (Å²) in [7, 11) is 0. The molecule has 1 saturated heterocycles. The average Bonchev–Trinajstić information content (AvgIpc) is 2.19. The molecule has 1 heterocycles. The van der Waals surface area contributed by atoms with Gasteiger partial charge in [0.15, 0.2) is 0 Å². The summed E-state index contributed by atoms with van der Waals surface area (Å²) in [4.78, 5) is 13.3. The number of morpholine rings is 1. The first kappa shape index (κ1) is 11.4. The Kier molecular flexibility index (Phi) is 4.31.